The lowest BCUT2D eigenvalue weighted by molar-refractivity contribution is -0.123. The maximum absolute atomic E-state index is 12.1. The second kappa shape index (κ2) is 8.33. The molecule has 1 atom stereocenters. The number of carbonyl (C=O) groups excluding carboxylic acids is 2. The SMILES string of the molecule is O=C(CC1N=C(NN=Cc2ccc(O)cc2)NC1=O)Nc1cccc(Cl)c1. The number of hydrazone groups is 1. The Morgan fingerprint density at radius 1 is 1.30 bits per heavy atom. The highest BCUT2D eigenvalue weighted by Crippen LogP contribution is 2.16. The largest absolute Gasteiger partial charge is 0.508 e. The fraction of sp³-hybridized carbons (Fsp3) is 0.111. The van der Waals surface area contributed by atoms with Crippen molar-refractivity contribution >= 4 is 41.3 Å². The number of phenols is 1. The number of carbonyl (C=O) groups is 2. The van der Waals surface area contributed by atoms with Gasteiger partial charge in [-0.15, -0.1) is 0 Å². The van der Waals surface area contributed by atoms with Gasteiger partial charge in [0, 0.05) is 10.7 Å². The number of guanidine groups is 1. The van der Waals surface area contributed by atoms with Crippen LogP contribution in [0.1, 0.15) is 12.0 Å². The van der Waals surface area contributed by atoms with Gasteiger partial charge in [-0.05, 0) is 48.0 Å². The Balaban J connectivity index is 1.54. The van der Waals surface area contributed by atoms with Crippen LogP contribution < -0.4 is 16.1 Å². The molecule has 0 aliphatic carbocycles. The lowest BCUT2D eigenvalue weighted by Crippen LogP contribution is -2.35. The lowest BCUT2D eigenvalue weighted by atomic mass is 10.2. The number of aliphatic imine (C=N–C) groups is 1. The van der Waals surface area contributed by atoms with E-state index in [0.717, 1.165) is 5.56 Å². The first-order valence-corrected chi connectivity index (χ1v) is 8.39. The minimum Gasteiger partial charge on any atom is -0.508 e. The van der Waals surface area contributed by atoms with E-state index in [1.807, 2.05) is 0 Å². The van der Waals surface area contributed by atoms with Crippen molar-refractivity contribution in [1.82, 2.24) is 10.7 Å². The molecule has 2 amide bonds. The van der Waals surface area contributed by atoms with Crippen LogP contribution in [0.4, 0.5) is 5.69 Å². The topological polar surface area (TPSA) is 115 Å². The zero-order chi connectivity index (χ0) is 19.2. The minimum atomic E-state index is -0.837. The number of nitrogens with zero attached hydrogens (tertiary/aromatic N) is 2. The molecule has 1 aliphatic rings. The molecule has 0 saturated heterocycles. The number of phenolic OH excluding ortho intramolecular Hbond substituents is 1. The van der Waals surface area contributed by atoms with Gasteiger partial charge in [0.2, 0.25) is 11.9 Å². The average molecular weight is 386 g/mol. The van der Waals surface area contributed by atoms with E-state index in [1.54, 1.807) is 36.4 Å². The van der Waals surface area contributed by atoms with Gasteiger partial charge in [-0.3, -0.25) is 14.9 Å². The van der Waals surface area contributed by atoms with Crippen LogP contribution in [0.15, 0.2) is 58.6 Å². The van der Waals surface area contributed by atoms with Gasteiger partial charge in [0.1, 0.15) is 11.8 Å². The summed E-state index contributed by atoms with van der Waals surface area (Å²) in [4.78, 5) is 28.2. The highest BCUT2D eigenvalue weighted by Gasteiger charge is 2.28. The molecular weight excluding hydrogens is 370 g/mol. The van der Waals surface area contributed by atoms with Crippen LogP contribution >= 0.6 is 11.6 Å². The molecule has 2 aromatic rings. The number of benzene rings is 2. The zero-order valence-corrected chi connectivity index (χ0v) is 14.8. The lowest BCUT2D eigenvalue weighted by Gasteiger charge is -2.07. The molecular formula is C18H16ClN5O3. The summed E-state index contributed by atoms with van der Waals surface area (Å²) in [6.45, 7) is 0. The highest BCUT2D eigenvalue weighted by molar-refractivity contribution is 6.30. The number of aromatic hydroxyl groups is 1. The summed E-state index contributed by atoms with van der Waals surface area (Å²) in [5.74, 6) is -0.421. The van der Waals surface area contributed by atoms with Gasteiger partial charge < -0.3 is 10.4 Å². The fourth-order valence-corrected chi connectivity index (χ4v) is 2.51. The van der Waals surface area contributed by atoms with E-state index in [1.165, 1.54) is 18.3 Å². The van der Waals surface area contributed by atoms with Crippen LogP contribution in [0.5, 0.6) is 5.75 Å². The second-order valence-electron chi connectivity index (χ2n) is 5.71. The molecule has 1 aliphatic heterocycles. The predicted molar refractivity (Wildman–Crippen MR) is 103 cm³/mol. The van der Waals surface area contributed by atoms with E-state index in [0.29, 0.717) is 10.7 Å². The fourth-order valence-electron chi connectivity index (χ4n) is 2.32. The van der Waals surface area contributed by atoms with Crippen molar-refractivity contribution in [3.05, 3.63) is 59.1 Å². The Hall–Kier alpha value is -3.39. The second-order valence-corrected chi connectivity index (χ2v) is 6.14. The zero-order valence-electron chi connectivity index (χ0n) is 14.0. The summed E-state index contributed by atoms with van der Waals surface area (Å²) in [5.41, 5.74) is 3.91. The van der Waals surface area contributed by atoms with Crippen molar-refractivity contribution in [1.29, 1.82) is 0 Å². The van der Waals surface area contributed by atoms with E-state index in [4.69, 9.17) is 11.6 Å². The van der Waals surface area contributed by atoms with Crippen LogP contribution in [0, 0.1) is 0 Å². The number of hydrogen-bond donors (Lipinski definition) is 4. The predicted octanol–water partition coefficient (Wildman–Crippen LogP) is 1.85. The number of anilines is 1. The number of amides is 2. The van der Waals surface area contributed by atoms with Crippen LogP contribution in [-0.2, 0) is 9.59 Å². The van der Waals surface area contributed by atoms with Crippen LogP contribution in [-0.4, -0.2) is 35.1 Å². The van der Waals surface area contributed by atoms with Crippen molar-refractivity contribution in [3.63, 3.8) is 0 Å². The van der Waals surface area contributed by atoms with Gasteiger partial charge in [-0.1, -0.05) is 17.7 Å². The van der Waals surface area contributed by atoms with E-state index in [9.17, 15) is 14.7 Å². The number of halogens is 1. The van der Waals surface area contributed by atoms with Crippen molar-refractivity contribution in [2.75, 3.05) is 5.32 Å². The molecule has 138 valence electrons. The van der Waals surface area contributed by atoms with E-state index >= 15 is 0 Å². The Bertz CT molecular complexity index is 911. The van der Waals surface area contributed by atoms with Crippen molar-refractivity contribution in [3.8, 4) is 5.75 Å². The molecule has 3 rings (SSSR count). The smallest absolute Gasteiger partial charge is 0.252 e. The quantitative estimate of drug-likeness (QED) is 0.464. The van der Waals surface area contributed by atoms with Gasteiger partial charge >= 0.3 is 0 Å². The first-order chi connectivity index (χ1) is 13.0. The third-order valence-electron chi connectivity index (χ3n) is 3.59. The first-order valence-electron chi connectivity index (χ1n) is 8.02. The van der Waals surface area contributed by atoms with Gasteiger partial charge in [-0.25, -0.2) is 10.4 Å². The summed E-state index contributed by atoms with van der Waals surface area (Å²) >= 11 is 5.87. The Labute approximate surface area is 160 Å². The monoisotopic (exact) mass is 385 g/mol. The van der Waals surface area contributed by atoms with E-state index in [-0.39, 0.29) is 24.0 Å². The van der Waals surface area contributed by atoms with E-state index in [2.05, 4.69) is 26.2 Å². The molecule has 4 N–H and O–H groups in total. The third-order valence-corrected chi connectivity index (χ3v) is 3.83. The molecule has 0 bridgehead atoms. The molecule has 0 spiro atoms. The average Bonchev–Trinajstić information content (AvgIpc) is 2.96. The normalized spacial score (nSPS) is 16.1. The number of rotatable bonds is 5. The molecule has 8 nitrogen and oxygen atoms in total. The molecule has 0 saturated carbocycles. The Morgan fingerprint density at radius 3 is 2.81 bits per heavy atom. The third kappa shape index (κ3) is 5.29. The van der Waals surface area contributed by atoms with Gasteiger partial charge in [-0.2, -0.15) is 5.10 Å². The molecule has 0 aromatic heterocycles. The summed E-state index contributed by atoms with van der Waals surface area (Å²) in [6, 6.07) is 12.3. The van der Waals surface area contributed by atoms with Crippen molar-refractivity contribution < 1.29 is 14.7 Å². The number of hydrogen-bond acceptors (Lipinski definition) is 6. The summed E-state index contributed by atoms with van der Waals surface area (Å²) in [5, 5.41) is 18.9. The molecule has 0 radical (unpaired) electrons. The van der Waals surface area contributed by atoms with Gasteiger partial charge in [0.05, 0.1) is 12.6 Å². The molecule has 0 fully saturated rings. The van der Waals surface area contributed by atoms with E-state index < -0.39 is 11.9 Å². The van der Waals surface area contributed by atoms with Crippen LogP contribution in [0.3, 0.4) is 0 Å². The van der Waals surface area contributed by atoms with Crippen molar-refractivity contribution in [2.24, 2.45) is 10.1 Å². The Morgan fingerprint density at radius 2 is 2.07 bits per heavy atom. The molecule has 2 aromatic carbocycles. The van der Waals surface area contributed by atoms with Crippen LogP contribution in [0.25, 0.3) is 0 Å². The van der Waals surface area contributed by atoms with Crippen LogP contribution in [0.2, 0.25) is 5.02 Å². The highest BCUT2D eigenvalue weighted by atomic mass is 35.5. The molecule has 1 heterocycles. The van der Waals surface area contributed by atoms with Gasteiger partial charge in [0.15, 0.2) is 0 Å². The van der Waals surface area contributed by atoms with Crippen molar-refractivity contribution in [2.45, 2.75) is 12.5 Å². The Kier molecular flexibility index (Phi) is 5.68. The first kappa shape index (κ1) is 18.4. The summed E-state index contributed by atoms with van der Waals surface area (Å²) in [6.07, 6.45) is 1.40. The molecule has 1 unspecified atom stereocenters. The molecule has 27 heavy (non-hydrogen) atoms. The molecule has 9 heteroatoms. The standard InChI is InChI=1S/C18H16ClN5O3/c19-12-2-1-3-13(8-12)21-16(26)9-15-17(27)23-18(22-15)24-20-10-11-4-6-14(25)7-5-11/h1-8,10,15,25H,9H2,(H,21,26)(H2,22,23,24,27). The summed E-state index contributed by atoms with van der Waals surface area (Å²) < 4.78 is 0. The minimum absolute atomic E-state index is 0.106. The maximum atomic E-state index is 12.1. The maximum Gasteiger partial charge on any atom is 0.252 e. The summed E-state index contributed by atoms with van der Waals surface area (Å²) in [7, 11) is 0. The van der Waals surface area contributed by atoms with Gasteiger partial charge in [0.25, 0.3) is 5.91 Å². The number of nitrogens with one attached hydrogen (secondary N) is 3.